The molecule has 2 fully saturated rings. The Kier molecular flexibility index (Phi) is 8.33. The molecule has 2 aliphatic heterocycles. The van der Waals surface area contributed by atoms with Crippen molar-refractivity contribution in [3.8, 4) is 0 Å². The maximum Gasteiger partial charge on any atom is 0.191 e. The molecule has 0 amide bonds. The Balaban J connectivity index is 1.77. The van der Waals surface area contributed by atoms with E-state index in [2.05, 4.69) is 48.1 Å². The Morgan fingerprint density at radius 3 is 2.50 bits per heavy atom. The van der Waals surface area contributed by atoms with Crippen molar-refractivity contribution in [2.24, 2.45) is 10.9 Å². The van der Waals surface area contributed by atoms with Gasteiger partial charge in [-0.3, -0.25) is 4.99 Å². The van der Waals surface area contributed by atoms with Crippen LogP contribution in [0, 0.1) is 5.92 Å². The van der Waals surface area contributed by atoms with Gasteiger partial charge in [0.15, 0.2) is 5.96 Å². The molecule has 1 unspecified atom stereocenters. The number of guanidine groups is 1. The maximum atomic E-state index is 4.89. The van der Waals surface area contributed by atoms with E-state index in [1.54, 1.807) is 0 Å². The molecule has 2 N–H and O–H groups in total. The Morgan fingerprint density at radius 1 is 1.12 bits per heavy atom. The van der Waals surface area contributed by atoms with E-state index >= 15 is 0 Å². The summed E-state index contributed by atoms with van der Waals surface area (Å²) in [7, 11) is 0. The normalized spacial score (nSPS) is 24.7. The number of piperidine rings is 1. The highest BCUT2D eigenvalue weighted by molar-refractivity contribution is 5.80. The van der Waals surface area contributed by atoms with Crippen molar-refractivity contribution in [2.75, 3.05) is 45.8 Å². The second kappa shape index (κ2) is 10.2. The first kappa shape index (κ1) is 19.5. The molecular weight excluding hydrogens is 298 g/mol. The zero-order valence-electron chi connectivity index (χ0n) is 16.4. The summed E-state index contributed by atoms with van der Waals surface area (Å²) >= 11 is 0. The zero-order valence-corrected chi connectivity index (χ0v) is 16.4. The molecule has 0 radical (unpaired) electrons. The Hall–Kier alpha value is -0.810. The maximum absolute atomic E-state index is 4.89. The van der Waals surface area contributed by atoms with Crippen LogP contribution >= 0.6 is 0 Å². The van der Waals surface area contributed by atoms with Crippen LogP contribution < -0.4 is 10.6 Å². The summed E-state index contributed by atoms with van der Waals surface area (Å²) in [6, 6.07) is 1.24. The van der Waals surface area contributed by atoms with E-state index in [0.29, 0.717) is 12.1 Å². The number of nitrogens with zero attached hydrogens (tertiary/aromatic N) is 3. The quantitative estimate of drug-likeness (QED) is 0.552. The SMILES string of the molecule is CCCN1CCC(CN=C(NCC)NC2CCN(C(C)C)CC2)C1. The fourth-order valence-corrected chi connectivity index (χ4v) is 3.88. The lowest BCUT2D eigenvalue weighted by molar-refractivity contribution is 0.167. The van der Waals surface area contributed by atoms with Gasteiger partial charge in [-0.05, 0) is 65.5 Å². The Morgan fingerprint density at radius 2 is 1.88 bits per heavy atom. The summed E-state index contributed by atoms with van der Waals surface area (Å²) in [5.74, 6) is 1.75. The summed E-state index contributed by atoms with van der Waals surface area (Å²) < 4.78 is 0. The van der Waals surface area contributed by atoms with Crippen LogP contribution in [0.1, 0.15) is 53.4 Å². The first-order chi connectivity index (χ1) is 11.6. The van der Waals surface area contributed by atoms with Crippen molar-refractivity contribution < 1.29 is 0 Å². The lowest BCUT2D eigenvalue weighted by atomic mass is 10.0. The summed E-state index contributed by atoms with van der Waals surface area (Å²) in [5, 5.41) is 7.11. The highest BCUT2D eigenvalue weighted by atomic mass is 15.2. The van der Waals surface area contributed by atoms with Gasteiger partial charge < -0.3 is 20.4 Å². The monoisotopic (exact) mass is 337 g/mol. The van der Waals surface area contributed by atoms with Crippen molar-refractivity contribution in [2.45, 2.75) is 65.5 Å². The Labute approximate surface area is 149 Å². The summed E-state index contributed by atoms with van der Waals surface area (Å²) in [5.41, 5.74) is 0. The smallest absolute Gasteiger partial charge is 0.191 e. The second-order valence-electron chi connectivity index (χ2n) is 7.72. The van der Waals surface area contributed by atoms with E-state index in [4.69, 9.17) is 4.99 Å². The van der Waals surface area contributed by atoms with Crippen molar-refractivity contribution in [1.29, 1.82) is 0 Å². The van der Waals surface area contributed by atoms with Crippen LogP contribution in [0.5, 0.6) is 0 Å². The number of likely N-dealkylation sites (tertiary alicyclic amines) is 2. The molecule has 0 spiro atoms. The molecule has 0 saturated carbocycles. The molecular formula is C19H39N5. The van der Waals surface area contributed by atoms with Crippen LogP contribution in [0.25, 0.3) is 0 Å². The summed E-state index contributed by atoms with van der Waals surface area (Å²) in [6.45, 7) is 17.0. The van der Waals surface area contributed by atoms with E-state index in [1.807, 2.05) is 0 Å². The number of rotatable bonds is 7. The average Bonchev–Trinajstić information content (AvgIpc) is 3.01. The fraction of sp³-hybridized carbons (Fsp3) is 0.947. The number of hydrogen-bond acceptors (Lipinski definition) is 3. The molecule has 1 atom stereocenters. The number of aliphatic imine (C=N–C) groups is 1. The number of hydrogen-bond donors (Lipinski definition) is 2. The van der Waals surface area contributed by atoms with Gasteiger partial charge in [0.25, 0.3) is 0 Å². The van der Waals surface area contributed by atoms with Crippen LogP contribution in [-0.4, -0.2) is 73.7 Å². The van der Waals surface area contributed by atoms with Gasteiger partial charge in [0.2, 0.25) is 0 Å². The van der Waals surface area contributed by atoms with Gasteiger partial charge in [0.05, 0.1) is 0 Å². The molecule has 5 nitrogen and oxygen atoms in total. The van der Waals surface area contributed by atoms with Gasteiger partial charge in [-0.1, -0.05) is 6.92 Å². The van der Waals surface area contributed by atoms with E-state index < -0.39 is 0 Å². The molecule has 24 heavy (non-hydrogen) atoms. The third-order valence-electron chi connectivity index (χ3n) is 5.36. The van der Waals surface area contributed by atoms with Crippen molar-refractivity contribution in [3.63, 3.8) is 0 Å². The minimum atomic E-state index is 0.568. The number of nitrogens with one attached hydrogen (secondary N) is 2. The molecule has 2 aliphatic rings. The molecule has 140 valence electrons. The third-order valence-corrected chi connectivity index (χ3v) is 5.36. The van der Waals surface area contributed by atoms with Crippen molar-refractivity contribution in [3.05, 3.63) is 0 Å². The molecule has 5 heteroatoms. The first-order valence-corrected chi connectivity index (χ1v) is 10.1. The van der Waals surface area contributed by atoms with E-state index in [-0.39, 0.29) is 0 Å². The average molecular weight is 338 g/mol. The van der Waals surface area contributed by atoms with Gasteiger partial charge in [0.1, 0.15) is 0 Å². The fourth-order valence-electron chi connectivity index (χ4n) is 3.88. The molecule has 0 aromatic heterocycles. The van der Waals surface area contributed by atoms with E-state index in [0.717, 1.165) is 25.0 Å². The first-order valence-electron chi connectivity index (χ1n) is 10.1. The van der Waals surface area contributed by atoms with Gasteiger partial charge in [-0.2, -0.15) is 0 Å². The molecule has 0 bridgehead atoms. The standard InChI is InChI=1S/C19H39N5/c1-5-10-23-11-7-17(15-23)14-21-19(20-6-2)22-18-8-12-24(13-9-18)16(3)4/h16-18H,5-15H2,1-4H3,(H2,20,21,22). The minimum Gasteiger partial charge on any atom is -0.357 e. The summed E-state index contributed by atoms with van der Waals surface area (Å²) in [6.07, 6.45) is 5.00. The second-order valence-corrected chi connectivity index (χ2v) is 7.72. The van der Waals surface area contributed by atoms with Gasteiger partial charge in [-0.15, -0.1) is 0 Å². The predicted octanol–water partition coefficient (Wildman–Crippen LogP) is 2.15. The highest BCUT2D eigenvalue weighted by Crippen LogP contribution is 2.17. The molecule has 0 aromatic rings. The van der Waals surface area contributed by atoms with Crippen LogP contribution in [0.3, 0.4) is 0 Å². The lowest BCUT2D eigenvalue weighted by Crippen LogP contribution is -2.50. The minimum absolute atomic E-state index is 0.568. The van der Waals surface area contributed by atoms with Gasteiger partial charge in [0, 0.05) is 44.8 Å². The highest BCUT2D eigenvalue weighted by Gasteiger charge is 2.23. The van der Waals surface area contributed by atoms with Crippen molar-refractivity contribution in [1.82, 2.24) is 20.4 Å². The van der Waals surface area contributed by atoms with E-state index in [1.165, 1.54) is 58.4 Å². The third kappa shape index (κ3) is 6.25. The van der Waals surface area contributed by atoms with Crippen molar-refractivity contribution >= 4 is 5.96 Å². The van der Waals surface area contributed by atoms with Crippen LogP contribution in [0.2, 0.25) is 0 Å². The van der Waals surface area contributed by atoms with Crippen LogP contribution in [-0.2, 0) is 0 Å². The molecule has 0 aliphatic carbocycles. The zero-order chi connectivity index (χ0) is 17.4. The molecule has 2 saturated heterocycles. The topological polar surface area (TPSA) is 42.9 Å². The summed E-state index contributed by atoms with van der Waals surface area (Å²) in [4.78, 5) is 10.1. The predicted molar refractivity (Wildman–Crippen MR) is 104 cm³/mol. The molecule has 0 aromatic carbocycles. The van der Waals surface area contributed by atoms with Gasteiger partial charge in [-0.25, -0.2) is 0 Å². The molecule has 2 heterocycles. The van der Waals surface area contributed by atoms with Gasteiger partial charge >= 0.3 is 0 Å². The largest absolute Gasteiger partial charge is 0.357 e. The van der Waals surface area contributed by atoms with Crippen LogP contribution in [0.4, 0.5) is 0 Å². The van der Waals surface area contributed by atoms with E-state index in [9.17, 15) is 0 Å². The molecule has 2 rings (SSSR count). The Bertz CT molecular complexity index is 374. The van der Waals surface area contributed by atoms with Crippen LogP contribution in [0.15, 0.2) is 4.99 Å². The lowest BCUT2D eigenvalue weighted by Gasteiger charge is -2.35.